The first kappa shape index (κ1) is 32.1. The minimum absolute atomic E-state index is 0.173. The monoisotopic (exact) mass is 602 g/mol. The average molecular weight is 603 g/mol. The Labute approximate surface area is 248 Å². The lowest BCUT2D eigenvalue weighted by molar-refractivity contribution is -0.175. The van der Waals surface area contributed by atoms with Crippen LogP contribution in [-0.4, -0.2) is 89.0 Å². The highest BCUT2D eigenvalue weighted by Crippen LogP contribution is 2.44. The van der Waals surface area contributed by atoms with Gasteiger partial charge in [0.15, 0.2) is 18.0 Å². The molecule has 0 aliphatic carbocycles. The average Bonchev–Trinajstić information content (AvgIpc) is 3.71. The molecule has 0 spiro atoms. The normalized spacial score (nSPS) is 26.0. The van der Waals surface area contributed by atoms with Gasteiger partial charge in [-0.1, -0.05) is 27.7 Å². The number of nitrogens with two attached hydrogens (primary N) is 1. The number of carbonyl (C=O) groups excluding carboxylic acids is 3. The maximum absolute atomic E-state index is 12.9. The van der Waals surface area contributed by atoms with E-state index in [1.807, 2.05) is 0 Å². The quantitative estimate of drug-likeness (QED) is 0.151. The van der Waals surface area contributed by atoms with Crippen molar-refractivity contribution >= 4 is 29.2 Å². The maximum Gasteiger partial charge on any atom is 0.323 e. The molecule has 15 nitrogen and oxygen atoms in total. The van der Waals surface area contributed by atoms with Gasteiger partial charge >= 0.3 is 17.9 Å². The molecule has 0 radical (unpaired) electrons. The van der Waals surface area contributed by atoms with Crippen LogP contribution >= 0.6 is 0 Å². The summed E-state index contributed by atoms with van der Waals surface area (Å²) in [5, 5.41) is 17.6. The summed E-state index contributed by atoms with van der Waals surface area (Å²) >= 11 is 0. The van der Waals surface area contributed by atoms with E-state index in [1.165, 1.54) is 10.8 Å². The zero-order valence-electron chi connectivity index (χ0n) is 24.8. The Morgan fingerprint density at radius 2 is 1.86 bits per heavy atom. The van der Waals surface area contributed by atoms with Crippen molar-refractivity contribution in [3.05, 3.63) is 24.2 Å². The number of nitrogen functional groups attached to an aromatic ring is 1. The van der Waals surface area contributed by atoms with Crippen molar-refractivity contribution in [1.29, 1.82) is 5.26 Å². The van der Waals surface area contributed by atoms with Crippen molar-refractivity contribution in [3.8, 4) is 6.07 Å². The SMILES string of the molecule is CC(C)C(=O)O[C@H]1[C@H](c2ccc3c(N)ncnn23)O[C@](C#N)(COCN[C@@H](C)C(=O)O[C@@H]2CCOC2)[C@H]1OC(=O)C(C)C. The summed E-state index contributed by atoms with van der Waals surface area (Å²) in [6.45, 7) is 8.51. The third-order valence-electron chi connectivity index (χ3n) is 7.16. The summed E-state index contributed by atoms with van der Waals surface area (Å²) in [6, 6.07) is 4.70. The Bertz CT molecular complexity index is 1350. The van der Waals surface area contributed by atoms with Gasteiger partial charge in [-0.05, 0) is 19.1 Å². The molecule has 4 heterocycles. The van der Waals surface area contributed by atoms with Gasteiger partial charge in [0.05, 0.1) is 44.1 Å². The molecular formula is C28H38N6O9. The molecule has 0 unspecified atom stereocenters. The van der Waals surface area contributed by atoms with Crippen molar-refractivity contribution in [2.24, 2.45) is 11.8 Å². The van der Waals surface area contributed by atoms with Crippen LogP contribution in [0.5, 0.6) is 0 Å². The van der Waals surface area contributed by atoms with E-state index >= 15 is 0 Å². The summed E-state index contributed by atoms with van der Waals surface area (Å²) in [4.78, 5) is 42.1. The Morgan fingerprint density at radius 3 is 2.51 bits per heavy atom. The van der Waals surface area contributed by atoms with Gasteiger partial charge in [0, 0.05) is 6.42 Å². The molecule has 4 rings (SSSR count). The van der Waals surface area contributed by atoms with E-state index in [0.717, 1.165) is 0 Å². The molecule has 2 aromatic heterocycles. The molecule has 0 aromatic carbocycles. The van der Waals surface area contributed by atoms with E-state index in [1.54, 1.807) is 46.8 Å². The van der Waals surface area contributed by atoms with E-state index in [2.05, 4.69) is 21.5 Å². The Hall–Kier alpha value is -3.84. The Kier molecular flexibility index (Phi) is 10.2. The van der Waals surface area contributed by atoms with Crippen LogP contribution in [0.3, 0.4) is 0 Å². The molecule has 15 heteroatoms. The number of nitrogens with zero attached hydrogens (tertiary/aromatic N) is 4. The lowest BCUT2D eigenvalue weighted by Crippen LogP contribution is -2.50. The number of anilines is 1. The second-order valence-corrected chi connectivity index (χ2v) is 11.1. The van der Waals surface area contributed by atoms with E-state index < -0.39 is 66.3 Å². The first-order chi connectivity index (χ1) is 20.5. The first-order valence-corrected chi connectivity index (χ1v) is 14.1. The van der Waals surface area contributed by atoms with Crippen LogP contribution in [0.1, 0.15) is 52.8 Å². The molecule has 0 saturated carbocycles. The molecule has 43 heavy (non-hydrogen) atoms. The topological polar surface area (TPSA) is 199 Å². The van der Waals surface area contributed by atoms with Crippen molar-refractivity contribution in [2.45, 2.75) is 77.1 Å². The molecule has 2 fully saturated rings. The molecule has 2 aliphatic rings. The third-order valence-corrected chi connectivity index (χ3v) is 7.16. The fourth-order valence-corrected chi connectivity index (χ4v) is 4.60. The van der Waals surface area contributed by atoms with E-state index in [-0.39, 0.29) is 18.7 Å². The van der Waals surface area contributed by atoms with E-state index in [9.17, 15) is 19.6 Å². The predicted molar refractivity (Wildman–Crippen MR) is 148 cm³/mol. The summed E-state index contributed by atoms with van der Waals surface area (Å²) in [6.07, 6.45) is -2.14. The van der Waals surface area contributed by atoms with Gasteiger partial charge in [0.2, 0.25) is 5.60 Å². The second-order valence-electron chi connectivity index (χ2n) is 11.1. The van der Waals surface area contributed by atoms with Crippen LogP contribution in [0, 0.1) is 23.2 Å². The van der Waals surface area contributed by atoms with E-state index in [4.69, 9.17) is 34.2 Å². The van der Waals surface area contributed by atoms with Crippen LogP contribution in [0.15, 0.2) is 18.5 Å². The highest BCUT2D eigenvalue weighted by Gasteiger charge is 2.61. The number of aromatic nitrogens is 3. The minimum atomic E-state index is -1.91. The fraction of sp³-hybridized carbons (Fsp3) is 0.643. The number of carbonyl (C=O) groups is 3. The van der Waals surface area contributed by atoms with Crippen LogP contribution < -0.4 is 11.1 Å². The molecule has 0 bridgehead atoms. The Morgan fingerprint density at radius 1 is 1.14 bits per heavy atom. The molecule has 0 amide bonds. The minimum Gasteiger partial charge on any atom is -0.459 e. The maximum atomic E-state index is 12.9. The van der Waals surface area contributed by atoms with Gasteiger partial charge in [0.25, 0.3) is 0 Å². The zero-order valence-corrected chi connectivity index (χ0v) is 24.8. The van der Waals surface area contributed by atoms with Gasteiger partial charge in [-0.2, -0.15) is 10.4 Å². The zero-order chi connectivity index (χ0) is 31.3. The number of fused-ring (bicyclic) bond motifs is 1. The van der Waals surface area contributed by atoms with Crippen LogP contribution in [0.4, 0.5) is 5.82 Å². The number of nitrogens with one attached hydrogen (secondary N) is 1. The number of hydrogen-bond acceptors (Lipinski definition) is 14. The highest BCUT2D eigenvalue weighted by molar-refractivity contribution is 5.75. The van der Waals surface area contributed by atoms with Gasteiger partial charge in [-0.25, -0.2) is 9.50 Å². The molecular weight excluding hydrogens is 564 g/mol. The molecule has 2 aromatic rings. The van der Waals surface area contributed by atoms with Gasteiger partial charge in [0.1, 0.15) is 36.2 Å². The number of hydrogen-bond donors (Lipinski definition) is 2. The van der Waals surface area contributed by atoms with Crippen molar-refractivity contribution in [2.75, 3.05) is 32.3 Å². The smallest absolute Gasteiger partial charge is 0.323 e. The molecule has 2 saturated heterocycles. The summed E-state index contributed by atoms with van der Waals surface area (Å²) in [5.74, 6) is -2.58. The number of ether oxygens (including phenoxy) is 6. The summed E-state index contributed by atoms with van der Waals surface area (Å²) in [7, 11) is 0. The third kappa shape index (κ3) is 7.04. The van der Waals surface area contributed by atoms with Gasteiger partial charge in [-0.15, -0.1) is 0 Å². The predicted octanol–water partition coefficient (Wildman–Crippen LogP) is 1.07. The standard InChI is InChI=1S/C28H38N6O9/c1-15(2)25(35)41-22-21(19-6-7-20-24(30)31-13-33-34(19)20)43-28(11-29,23(22)42-26(36)16(3)4)12-39-14-32-17(5)27(37)40-18-8-9-38-10-18/h6-7,13,15-18,21-23,32H,8-10,12,14H2,1-5H3,(H2,30,31,33)/t17-,18+,21-,22-,23-,28+/m0/s1. The van der Waals surface area contributed by atoms with Crippen molar-refractivity contribution < 1.29 is 42.8 Å². The molecule has 3 N–H and O–H groups in total. The van der Waals surface area contributed by atoms with Crippen LogP contribution in [0.25, 0.3) is 5.52 Å². The molecule has 234 valence electrons. The summed E-state index contributed by atoms with van der Waals surface area (Å²) in [5.41, 5.74) is 4.96. The largest absolute Gasteiger partial charge is 0.459 e. The lowest BCUT2D eigenvalue weighted by atomic mass is 9.95. The van der Waals surface area contributed by atoms with Crippen LogP contribution in [-0.2, 0) is 42.8 Å². The lowest BCUT2D eigenvalue weighted by Gasteiger charge is -2.29. The molecule has 6 atom stereocenters. The fourth-order valence-electron chi connectivity index (χ4n) is 4.60. The summed E-state index contributed by atoms with van der Waals surface area (Å²) < 4.78 is 35.9. The van der Waals surface area contributed by atoms with Crippen molar-refractivity contribution in [1.82, 2.24) is 19.9 Å². The van der Waals surface area contributed by atoms with Crippen LogP contribution in [0.2, 0.25) is 0 Å². The Balaban J connectivity index is 1.60. The second kappa shape index (κ2) is 13.6. The van der Waals surface area contributed by atoms with E-state index in [0.29, 0.717) is 30.8 Å². The number of rotatable bonds is 12. The molecule has 2 aliphatic heterocycles. The van der Waals surface area contributed by atoms with Gasteiger partial charge < -0.3 is 34.2 Å². The van der Waals surface area contributed by atoms with Crippen molar-refractivity contribution in [3.63, 3.8) is 0 Å². The number of nitriles is 1. The highest BCUT2D eigenvalue weighted by atomic mass is 16.7. The number of esters is 3. The van der Waals surface area contributed by atoms with Gasteiger partial charge in [-0.3, -0.25) is 19.7 Å². The first-order valence-electron chi connectivity index (χ1n) is 14.1.